The molecule has 0 amide bonds. The predicted molar refractivity (Wildman–Crippen MR) is 72.8 cm³/mol. The summed E-state index contributed by atoms with van der Waals surface area (Å²) in [6.07, 6.45) is 0.612. The van der Waals surface area contributed by atoms with Gasteiger partial charge in [-0.1, -0.05) is 48.0 Å². The second-order valence-corrected chi connectivity index (χ2v) is 4.54. The molecule has 2 rings (SSSR count). The molecule has 100 valence electrons. The Morgan fingerprint density at radius 3 is 2.25 bits per heavy atom. The zero-order valence-corrected chi connectivity index (χ0v) is 17.3. The van der Waals surface area contributed by atoms with Gasteiger partial charge >= 0.3 is 0 Å². The Morgan fingerprint density at radius 2 is 1.65 bits per heavy atom. The molecule has 4 heteroatoms. The minimum absolute atomic E-state index is 0. The predicted octanol–water partition coefficient (Wildman–Crippen LogP) is 3.21. The van der Waals surface area contributed by atoms with E-state index in [-0.39, 0.29) is 77.9 Å². The molecule has 1 atom stereocenters. The van der Waals surface area contributed by atoms with E-state index in [4.69, 9.17) is 0 Å². The van der Waals surface area contributed by atoms with E-state index in [0.29, 0.717) is 12.2 Å². The van der Waals surface area contributed by atoms with E-state index < -0.39 is 0 Å². The monoisotopic (exact) mass is 420 g/mol. The third-order valence-corrected chi connectivity index (χ3v) is 3.18. The first-order chi connectivity index (χ1) is 8.72. The van der Waals surface area contributed by atoms with E-state index in [1.807, 2.05) is 49.4 Å². The quantitative estimate of drug-likeness (QED) is 0.798. The van der Waals surface area contributed by atoms with Gasteiger partial charge in [0.2, 0.25) is 0 Å². The first-order valence-electron chi connectivity index (χ1n) is 6.17. The second-order valence-electron chi connectivity index (χ2n) is 4.54. The number of rotatable bonds is 4. The maximum Gasteiger partial charge on any atom is 0.119 e. The maximum absolute atomic E-state index is 10.0. The number of aryl methyl sites for hydroxylation is 1. The van der Waals surface area contributed by atoms with E-state index in [1.54, 1.807) is 6.07 Å². The molecule has 0 aliphatic heterocycles. The normalized spacial score (nSPS) is 11.1. The van der Waals surface area contributed by atoms with Crippen molar-refractivity contribution in [3.05, 3.63) is 65.2 Å². The van der Waals surface area contributed by atoms with Crippen molar-refractivity contribution < 1.29 is 75.6 Å². The fourth-order valence-corrected chi connectivity index (χ4v) is 2.27. The SMILES string of the molecule is Cc1ccc(O)c(C(CCO)c2ccccc2)c1.[Y].[Y]. The Hall–Kier alpha value is 0.408. The molecule has 0 saturated heterocycles. The van der Waals surface area contributed by atoms with Crippen LogP contribution in [0.15, 0.2) is 48.5 Å². The number of benzene rings is 2. The van der Waals surface area contributed by atoms with Crippen LogP contribution in [0, 0.1) is 6.92 Å². The van der Waals surface area contributed by atoms with Gasteiger partial charge in [0.05, 0.1) is 0 Å². The van der Waals surface area contributed by atoms with E-state index in [2.05, 4.69) is 0 Å². The van der Waals surface area contributed by atoms with Gasteiger partial charge in [-0.25, -0.2) is 0 Å². The summed E-state index contributed by atoms with van der Waals surface area (Å²) in [5.74, 6) is 0.332. The Balaban J connectivity index is 0.00000180. The van der Waals surface area contributed by atoms with E-state index >= 15 is 0 Å². The van der Waals surface area contributed by atoms with Crippen LogP contribution in [0.25, 0.3) is 0 Å². The summed E-state index contributed by atoms with van der Waals surface area (Å²) in [5.41, 5.74) is 3.12. The first kappa shape index (κ1) is 20.4. The van der Waals surface area contributed by atoms with Gasteiger partial charge < -0.3 is 10.2 Å². The zero-order valence-electron chi connectivity index (χ0n) is 11.7. The Kier molecular flexibility index (Phi) is 10.4. The molecule has 0 aliphatic carbocycles. The van der Waals surface area contributed by atoms with Gasteiger partial charge in [-0.2, -0.15) is 0 Å². The molecule has 0 spiro atoms. The third kappa shape index (κ3) is 5.31. The van der Waals surface area contributed by atoms with Crippen LogP contribution in [0.4, 0.5) is 0 Å². The van der Waals surface area contributed by atoms with Crippen molar-refractivity contribution >= 4 is 0 Å². The van der Waals surface area contributed by atoms with Crippen LogP contribution in [0.5, 0.6) is 5.75 Å². The Labute approximate surface area is 170 Å². The van der Waals surface area contributed by atoms with Crippen LogP contribution >= 0.6 is 0 Å². The Morgan fingerprint density at radius 1 is 1.00 bits per heavy atom. The Bertz CT molecular complexity index is 515. The maximum atomic E-state index is 10.0. The van der Waals surface area contributed by atoms with Crippen LogP contribution < -0.4 is 0 Å². The summed E-state index contributed by atoms with van der Waals surface area (Å²) >= 11 is 0. The number of aliphatic hydroxyl groups excluding tert-OH is 1. The van der Waals surface area contributed by atoms with Crippen LogP contribution in [0.3, 0.4) is 0 Å². The molecule has 2 N–H and O–H groups in total. The van der Waals surface area contributed by atoms with Gasteiger partial charge in [-0.3, -0.25) is 0 Å². The molecule has 0 aliphatic rings. The summed E-state index contributed by atoms with van der Waals surface area (Å²) in [6, 6.07) is 15.6. The molecule has 0 fully saturated rings. The van der Waals surface area contributed by atoms with Gasteiger partial charge in [0.15, 0.2) is 0 Å². The summed E-state index contributed by atoms with van der Waals surface area (Å²) in [4.78, 5) is 0. The molecule has 0 bridgehead atoms. The summed E-state index contributed by atoms with van der Waals surface area (Å²) in [5, 5.41) is 19.2. The van der Waals surface area contributed by atoms with Crippen molar-refractivity contribution in [2.45, 2.75) is 19.3 Å². The van der Waals surface area contributed by atoms with Crippen LogP contribution in [0.2, 0.25) is 0 Å². The van der Waals surface area contributed by atoms with Gasteiger partial charge in [-0.15, -0.1) is 0 Å². The van der Waals surface area contributed by atoms with Crippen molar-refractivity contribution in [1.29, 1.82) is 0 Å². The molecule has 0 heterocycles. The molecular weight excluding hydrogens is 402 g/mol. The van der Waals surface area contributed by atoms with Crippen molar-refractivity contribution in [3.63, 3.8) is 0 Å². The van der Waals surface area contributed by atoms with E-state index in [1.165, 1.54) is 0 Å². The van der Waals surface area contributed by atoms with Gasteiger partial charge in [-0.05, 0) is 25.0 Å². The topological polar surface area (TPSA) is 40.5 Å². The molecule has 2 aromatic rings. The molecular formula is C16H18O2Y2. The van der Waals surface area contributed by atoms with Gasteiger partial charge in [0.25, 0.3) is 0 Å². The fourth-order valence-electron chi connectivity index (χ4n) is 2.27. The van der Waals surface area contributed by atoms with Crippen molar-refractivity contribution in [3.8, 4) is 5.75 Å². The first-order valence-corrected chi connectivity index (χ1v) is 6.17. The van der Waals surface area contributed by atoms with Crippen molar-refractivity contribution in [2.24, 2.45) is 0 Å². The molecule has 0 aromatic heterocycles. The summed E-state index contributed by atoms with van der Waals surface area (Å²) in [6.45, 7) is 2.11. The number of phenolic OH excluding ortho intramolecular Hbond substituents is 1. The average Bonchev–Trinajstić information content (AvgIpc) is 2.40. The molecule has 2 radical (unpaired) electrons. The van der Waals surface area contributed by atoms with Gasteiger partial charge in [0, 0.05) is 83.5 Å². The standard InChI is InChI=1S/C16H18O2.2Y/c1-12-7-8-16(18)15(11-12)14(9-10-17)13-5-3-2-4-6-13;;/h2-8,11,14,17-18H,9-10H2,1H3;;. The molecule has 20 heavy (non-hydrogen) atoms. The molecule has 1 unspecified atom stereocenters. The second kappa shape index (κ2) is 10.2. The third-order valence-electron chi connectivity index (χ3n) is 3.18. The van der Waals surface area contributed by atoms with E-state index in [0.717, 1.165) is 16.7 Å². The minimum Gasteiger partial charge on any atom is -0.508 e. The molecule has 2 aromatic carbocycles. The number of aromatic hydroxyl groups is 1. The number of phenols is 1. The molecule has 0 saturated carbocycles. The number of hydrogen-bond acceptors (Lipinski definition) is 2. The molecule has 2 nitrogen and oxygen atoms in total. The van der Waals surface area contributed by atoms with Crippen LogP contribution in [0.1, 0.15) is 29.0 Å². The minimum atomic E-state index is 0. The van der Waals surface area contributed by atoms with Crippen LogP contribution in [-0.2, 0) is 65.4 Å². The number of hydrogen-bond donors (Lipinski definition) is 2. The van der Waals surface area contributed by atoms with E-state index in [9.17, 15) is 10.2 Å². The number of aliphatic hydroxyl groups is 1. The zero-order chi connectivity index (χ0) is 13.0. The fraction of sp³-hybridized carbons (Fsp3) is 0.250. The van der Waals surface area contributed by atoms with Gasteiger partial charge in [0.1, 0.15) is 5.75 Å². The summed E-state index contributed by atoms with van der Waals surface area (Å²) < 4.78 is 0. The van der Waals surface area contributed by atoms with Crippen molar-refractivity contribution in [2.75, 3.05) is 6.61 Å². The largest absolute Gasteiger partial charge is 0.508 e. The average molecular weight is 420 g/mol. The van der Waals surface area contributed by atoms with Crippen LogP contribution in [-0.4, -0.2) is 16.8 Å². The smallest absolute Gasteiger partial charge is 0.119 e. The van der Waals surface area contributed by atoms with Crippen molar-refractivity contribution in [1.82, 2.24) is 0 Å². The summed E-state index contributed by atoms with van der Waals surface area (Å²) in [7, 11) is 0.